The molecule has 0 heterocycles. The van der Waals surface area contributed by atoms with Gasteiger partial charge in [0.2, 0.25) is 5.91 Å². The van der Waals surface area contributed by atoms with Crippen molar-refractivity contribution in [3.63, 3.8) is 0 Å². The number of amides is 1. The van der Waals surface area contributed by atoms with Crippen LogP contribution in [0.4, 0.5) is 0 Å². The first-order valence-electron chi connectivity index (χ1n) is 8.62. The van der Waals surface area contributed by atoms with Crippen LogP contribution in [0.1, 0.15) is 16.7 Å². The summed E-state index contributed by atoms with van der Waals surface area (Å²) in [5.74, 6) is 0.583. The van der Waals surface area contributed by atoms with E-state index in [0.29, 0.717) is 11.6 Å². The Morgan fingerprint density at radius 1 is 0.964 bits per heavy atom. The monoisotopic (exact) mass is 456 g/mol. The minimum absolute atomic E-state index is 0.187. The van der Waals surface area contributed by atoms with E-state index in [0.717, 1.165) is 26.9 Å². The van der Waals surface area contributed by atoms with Gasteiger partial charge >= 0.3 is 0 Å². The van der Waals surface area contributed by atoms with Gasteiger partial charge in [-0.05, 0) is 65.2 Å². The third-order valence-corrected chi connectivity index (χ3v) is 4.66. The van der Waals surface area contributed by atoms with E-state index in [9.17, 15) is 4.79 Å². The molecule has 3 aromatic rings. The number of hydrogen-bond acceptors (Lipinski definition) is 3. The van der Waals surface area contributed by atoms with E-state index >= 15 is 0 Å². The summed E-state index contributed by atoms with van der Waals surface area (Å²) < 4.78 is 6.81. The number of carbonyl (C=O) groups excluding carboxylic acids is 1. The van der Waals surface area contributed by atoms with Gasteiger partial charge in [-0.15, -0.1) is 0 Å². The quantitative estimate of drug-likeness (QED) is 0.383. The summed E-state index contributed by atoms with van der Waals surface area (Å²) in [6.45, 7) is 0.501. The highest BCUT2D eigenvalue weighted by Gasteiger charge is 2.02. The van der Waals surface area contributed by atoms with Crippen molar-refractivity contribution in [3.05, 3.63) is 99.0 Å². The molecule has 0 aliphatic rings. The number of hydrogen-bond donors (Lipinski definition) is 1. The van der Waals surface area contributed by atoms with E-state index in [4.69, 9.17) is 16.3 Å². The van der Waals surface area contributed by atoms with Gasteiger partial charge in [0.1, 0.15) is 12.4 Å². The van der Waals surface area contributed by atoms with Crippen molar-refractivity contribution in [3.8, 4) is 5.75 Å². The second kappa shape index (κ2) is 10.1. The van der Waals surface area contributed by atoms with Crippen LogP contribution < -0.4 is 10.2 Å². The Kier molecular flexibility index (Phi) is 7.23. The molecule has 0 atom stereocenters. The molecule has 0 aliphatic carbocycles. The lowest BCUT2D eigenvalue weighted by atomic mass is 10.1. The maximum Gasteiger partial charge on any atom is 0.244 e. The second-order valence-electron chi connectivity index (χ2n) is 6.08. The number of nitrogens with zero attached hydrogens (tertiary/aromatic N) is 1. The summed E-state index contributed by atoms with van der Waals surface area (Å²) in [5.41, 5.74) is 5.36. The van der Waals surface area contributed by atoms with Gasteiger partial charge in [0.05, 0.1) is 12.6 Å². The third kappa shape index (κ3) is 6.51. The Morgan fingerprint density at radius 3 is 2.29 bits per heavy atom. The summed E-state index contributed by atoms with van der Waals surface area (Å²) in [5, 5.41) is 4.64. The van der Waals surface area contributed by atoms with Gasteiger partial charge in [-0.2, -0.15) is 5.10 Å². The summed E-state index contributed by atoms with van der Waals surface area (Å²) in [7, 11) is 0. The van der Waals surface area contributed by atoms with Crippen molar-refractivity contribution in [2.24, 2.45) is 5.10 Å². The first kappa shape index (κ1) is 20.1. The molecule has 0 radical (unpaired) electrons. The number of halogens is 2. The Labute approximate surface area is 177 Å². The number of benzene rings is 3. The minimum atomic E-state index is -0.187. The topological polar surface area (TPSA) is 50.7 Å². The molecule has 6 heteroatoms. The molecule has 1 amide bonds. The van der Waals surface area contributed by atoms with Gasteiger partial charge in [-0.25, -0.2) is 5.43 Å². The molecule has 0 spiro atoms. The van der Waals surface area contributed by atoms with Crippen LogP contribution in [0.2, 0.25) is 5.02 Å². The van der Waals surface area contributed by atoms with Crippen LogP contribution in [0.5, 0.6) is 5.75 Å². The molecule has 1 N–H and O–H groups in total. The van der Waals surface area contributed by atoms with Crippen LogP contribution in [0.3, 0.4) is 0 Å². The SMILES string of the molecule is O=C(Cc1ccc(Cl)cc1)N/N=C/c1ccc(OCc2ccc(Br)cc2)cc1. The van der Waals surface area contributed by atoms with Crippen LogP contribution >= 0.6 is 27.5 Å². The Hall–Kier alpha value is -2.63. The zero-order valence-corrected chi connectivity index (χ0v) is 17.3. The molecule has 3 aromatic carbocycles. The zero-order chi connectivity index (χ0) is 19.8. The zero-order valence-electron chi connectivity index (χ0n) is 14.9. The van der Waals surface area contributed by atoms with Crippen molar-refractivity contribution < 1.29 is 9.53 Å². The minimum Gasteiger partial charge on any atom is -0.489 e. The smallest absolute Gasteiger partial charge is 0.244 e. The van der Waals surface area contributed by atoms with Crippen LogP contribution in [-0.2, 0) is 17.8 Å². The fraction of sp³-hybridized carbons (Fsp3) is 0.0909. The van der Waals surface area contributed by atoms with Gasteiger partial charge in [-0.3, -0.25) is 4.79 Å². The van der Waals surface area contributed by atoms with Crippen molar-refractivity contribution in [2.45, 2.75) is 13.0 Å². The molecular formula is C22H18BrClN2O2. The maximum atomic E-state index is 11.9. The molecule has 0 fully saturated rings. The van der Waals surface area contributed by atoms with E-state index in [2.05, 4.69) is 26.5 Å². The lowest BCUT2D eigenvalue weighted by molar-refractivity contribution is -0.120. The van der Waals surface area contributed by atoms with Gasteiger partial charge in [0.25, 0.3) is 0 Å². The lowest BCUT2D eigenvalue weighted by Crippen LogP contribution is -2.19. The highest BCUT2D eigenvalue weighted by atomic mass is 79.9. The van der Waals surface area contributed by atoms with Gasteiger partial charge in [-0.1, -0.05) is 51.8 Å². The molecule has 3 rings (SSSR count). The normalized spacial score (nSPS) is 10.8. The van der Waals surface area contributed by atoms with Gasteiger partial charge in [0.15, 0.2) is 0 Å². The number of nitrogens with one attached hydrogen (secondary N) is 1. The summed E-state index contributed by atoms with van der Waals surface area (Å²) in [6.07, 6.45) is 1.84. The molecule has 0 bridgehead atoms. The lowest BCUT2D eigenvalue weighted by Gasteiger charge is -2.06. The van der Waals surface area contributed by atoms with Crippen LogP contribution in [-0.4, -0.2) is 12.1 Å². The van der Waals surface area contributed by atoms with E-state index < -0.39 is 0 Å². The number of carbonyl (C=O) groups is 1. The predicted molar refractivity (Wildman–Crippen MR) is 116 cm³/mol. The first-order chi connectivity index (χ1) is 13.6. The molecule has 4 nitrogen and oxygen atoms in total. The van der Waals surface area contributed by atoms with Gasteiger partial charge in [0, 0.05) is 9.50 Å². The number of ether oxygens (including phenoxy) is 1. The standard InChI is InChI=1S/C22H18BrClN2O2/c23-19-7-1-18(2-8-19)15-28-21-11-5-17(6-12-21)14-25-26-22(27)13-16-3-9-20(24)10-4-16/h1-12,14H,13,15H2,(H,26,27)/b25-14+. The third-order valence-electron chi connectivity index (χ3n) is 3.88. The molecular weight excluding hydrogens is 440 g/mol. The van der Waals surface area contributed by atoms with Crippen LogP contribution in [0.15, 0.2) is 82.4 Å². The van der Waals surface area contributed by atoms with Crippen molar-refractivity contribution in [1.29, 1.82) is 0 Å². The maximum absolute atomic E-state index is 11.9. The fourth-order valence-electron chi connectivity index (χ4n) is 2.40. The summed E-state index contributed by atoms with van der Waals surface area (Å²) in [4.78, 5) is 11.9. The largest absolute Gasteiger partial charge is 0.489 e. The average Bonchev–Trinajstić information content (AvgIpc) is 2.70. The van der Waals surface area contributed by atoms with Crippen molar-refractivity contribution >= 4 is 39.7 Å². The number of rotatable bonds is 7. The molecule has 0 aromatic heterocycles. The molecule has 0 aliphatic heterocycles. The molecule has 142 valence electrons. The van der Waals surface area contributed by atoms with E-state index in [1.165, 1.54) is 0 Å². The Bertz CT molecular complexity index is 940. The second-order valence-corrected chi connectivity index (χ2v) is 7.43. The highest BCUT2D eigenvalue weighted by Crippen LogP contribution is 2.15. The molecule has 0 saturated carbocycles. The Balaban J connectivity index is 1.45. The van der Waals surface area contributed by atoms with Crippen LogP contribution in [0.25, 0.3) is 0 Å². The molecule has 0 saturated heterocycles. The van der Waals surface area contributed by atoms with Gasteiger partial charge < -0.3 is 4.74 Å². The summed E-state index contributed by atoms with van der Waals surface area (Å²) in [6, 6.07) is 22.6. The first-order valence-corrected chi connectivity index (χ1v) is 9.79. The van der Waals surface area contributed by atoms with E-state index in [1.807, 2.05) is 60.7 Å². The molecule has 0 unspecified atom stereocenters. The van der Waals surface area contributed by atoms with Crippen LogP contribution in [0, 0.1) is 0 Å². The summed E-state index contributed by atoms with van der Waals surface area (Å²) >= 11 is 9.25. The highest BCUT2D eigenvalue weighted by molar-refractivity contribution is 9.10. The van der Waals surface area contributed by atoms with Crippen molar-refractivity contribution in [2.75, 3.05) is 0 Å². The van der Waals surface area contributed by atoms with E-state index in [-0.39, 0.29) is 12.3 Å². The van der Waals surface area contributed by atoms with Crippen molar-refractivity contribution in [1.82, 2.24) is 5.43 Å². The van der Waals surface area contributed by atoms with E-state index in [1.54, 1.807) is 18.3 Å². The number of hydrazone groups is 1. The molecule has 28 heavy (non-hydrogen) atoms. The average molecular weight is 458 g/mol. The fourth-order valence-corrected chi connectivity index (χ4v) is 2.79. The Morgan fingerprint density at radius 2 is 1.61 bits per heavy atom. The predicted octanol–water partition coefficient (Wildman–Crippen LogP) is 5.37.